The van der Waals surface area contributed by atoms with Gasteiger partial charge < -0.3 is 9.52 Å². The SMILES string of the molecule is Cc1cccc(C)c1CS(=O)(=O)N(C)Cc1ccc(C(=O)O)o1. The van der Waals surface area contributed by atoms with Crippen LogP contribution >= 0.6 is 0 Å². The van der Waals surface area contributed by atoms with E-state index in [0.29, 0.717) is 0 Å². The molecule has 0 radical (unpaired) electrons. The van der Waals surface area contributed by atoms with Crippen LogP contribution in [0.15, 0.2) is 34.7 Å². The predicted octanol–water partition coefficient (Wildman–Crippen LogP) is 2.56. The minimum absolute atomic E-state index is 0.0134. The third-order valence-corrected chi connectivity index (χ3v) is 5.43. The smallest absolute Gasteiger partial charge is 0.371 e. The molecule has 0 saturated carbocycles. The number of carboxylic acids is 1. The Bertz CT molecular complexity index is 802. The summed E-state index contributed by atoms with van der Waals surface area (Å²) in [4.78, 5) is 10.8. The summed E-state index contributed by atoms with van der Waals surface area (Å²) in [6, 6.07) is 8.42. The Morgan fingerprint density at radius 3 is 2.30 bits per heavy atom. The van der Waals surface area contributed by atoms with E-state index < -0.39 is 16.0 Å². The minimum atomic E-state index is -3.54. The summed E-state index contributed by atoms with van der Waals surface area (Å²) < 4.78 is 31.3. The number of furan rings is 1. The van der Waals surface area contributed by atoms with E-state index in [0.717, 1.165) is 16.7 Å². The first-order chi connectivity index (χ1) is 10.7. The molecule has 1 aromatic heterocycles. The molecule has 0 saturated heterocycles. The highest BCUT2D eigenvalue weighted by atomic mass is 32.2. The largest absolute Gasteiger partial charge is 0.475 e. The molecule has 1 N–H and O–H groups in total. The lowest BCUT2D eigenvalue weighted by atomic mass is 10.1. The van der Waals surface area contributed by atoms with Crippen LogP contribution in [0.2, 0.25) is 0 Å². The Balaban J connectivity index is 2.16. The predicted molar refractivity (Wildman–Crippen MR) is 85.7 cm³/mol. The topological polar surface area (TPSA) is 87.8 Å². The summed E-state index contributed by atoms with van der Waals surface area (Å²) >= 11 is 0. The lowest BCUT2D eigenvalue weighted by Gasteiger charge is -2.18. The lowest BCUT2D eigenvalue weighted by molar-refractivity contribution is 0.0659. The zero-order valence-corrected chi connectivity index (χ0v) is 14.1. The van der Waals surface area contributed by atoms with Crippen LogP contribution in [0.5, 0.6) is 0 Å². The Hall–Kier alpha value is -2.12. The minimum Gasteiger partial charge on any atom is -0.475 e. The van der Waals surface area contributed by atoms with Crippen LogP contribution in [0.1, 0.15) is 33.0 Å². The van der Waals surface area contributed by atoms with E-state index in [-0.39, 0.29) is 23.8 Å². The van der Waals surface area contributed by atoms with Gasteiger partial charge in [-0.3, -0.25) is 0 Å². The van der Waals surface area contributed by atoms with E-state index >= 15 is 0 Å². The molecule has 0 aliphatic rings. The van der Waals surface area contributed by atoms with Crippen molar-refractivity contribution in [1.82, 2.24) is 4.31 Å². The van der Waals surface area contributed by atoms with Gasteiger partial charge in [0.05, 0.1) is 12.3 Å². The number of hydrogen-bond acceptors (Lipinski definition) is 4. The van der Waals surface area contributed by atoms with Crippen LogP contribution in [-0.2, 0) is 22.3 Å². The Labute approximate surface area is 135 Å². The lowest BCUT2D eigenvalue weighted by Crippen LogP contribution is -2.28. The third kappa shape index (κ3) is 4.00. The van der Waals surface area contributed by atoms with E-state index in [2.05, 4.69) is 0 Å². The van der Waals surface area contributed by atoms with Crippen LogP contribution in [0.3, 0.4) is 0 Å². The summed E-state index contributed by atoms with van der Waals surface area (Å²) in [5.74, 6) is -1.21. The van der Waals surface area contributed by atoms with Gasteiger partial charge in [0.2, 0.25) is 15.8 Å². The maximum atomic E-state index is 12.5. The summed E-state index contributed by atoms with van der Waals surface area (Å²) in [5, 5.41) is 8.82. The number of carboxylic acid groups (broad SMARTS) is 1. The fourth-order valence-electron chi connectivity index (χ4n) is 2.26. The highest BCUT2D eigenvalue weighted by Gasteiger charge is 2.22. The van der Waals surface area contributed by atoms with Gasteiger partial charge in [0.1, 0.15) is 5.76 Å². The molecule has 2 aromatic rings. The molecular formula is C16H19NO5S. The number of aryl methyl sites for hydroxylation is 2. The molecule has 0 aliphatic carbocycles. The first kappa shape index (κ1) is 17.2. The molecule has 0 aliphatic heterocycles. The van der Waals surface area contributed by atoms with Gasteiger partial charge in [-0.2, -0.15) is 4.31 Å². The molecule has 0 spiro atoms. The molecule has 7 heteroatoms. The van der Waals surface area contributed by atoms with Gasteiger partial charge in [0.15, 0.2) is 0 Å². The van der Waals surface area contributed by atoms with Gasteiger partial charge in [0, 0.05) is 7.05 Å². The molecule has 0 unspecified atom stereocenters. The van der Waals surface area contributed by atoms with E-state index in [1.807, 2.05) is 32.0 Å². The fourth-order valence-corrected chi connectivity index (χ4v) is 3.63. The average molecular weight is 337 g/mol. The fraction of sp³-hybridized carbons (Fsp3) is 0.312. The molecule has 2 rings (SSSR count). The molecule has 6 nitrogen and oxygen atoms in total. The standard InChI is InChI=1S/C16H19NO5S/c1-11-5-4-6-12(2)14(11)10-23(20,21)17(3)9-13-7-8-15(22-13)16(18)19/h4-8H,9-10H2,1-3H3,(H,18,19). The van der Waals surface area contributed by atoms with E-state index in [1.54, 1.807) is 0 Å². The van der Waals surface area contributed by atoms with Crippen molar-refractivity contribution in [2.45, 2.75) is 26.1 Å². The zero-order chi connectivity index (χ0) is 17.2. The Morgan fingerprint density at radius 2 is 1.78 bits per heavy atom. The number of rotatable bonds is 6. The van der Waals surface area contributed by atoms with Crippen LogP contribution < -0.4 is 0 Å². The van der Waals surface area contributed by atoms with Gasteiger partial charge in [-0.1, -0.05) is 18.2 Å². The van der Waals surface area contributed by atoms with Gasteiger partial charge >= 0.3 is 5.97 Å². The van der Waals surface area contributed by atoms with Crippen molar-refractivity contribution >= 4 is 16.0 Å². The van der Waals surface area contributed by atoms with Crippen molar-refractivity contribution in [2.24, 2.45) is 0 Å². The van der Waals surface area contributed by atoms with Crippen LogP contribution in [0.25, 0.3) is 0 Å². The van der Waals surface area contributed by atoms with Crippen LogP contribution in [-0.4, -0.2) is 30.8 Å². The summed E-state index contributed by atoms with van der Waals surface area (Å²) in [6.07, 6.45) is 0. The van der Waals surface area contributed by atoms with Crippen molar-refractivity contribution in [2.75, 3.05) is 7.05 Å². The number of hydrogen-bond donors (Lipinski definition) is 1. The van der Waals surface area contributed by atoms with E-state index in [1.165, 1.54) is 23.5 Å². The number of sulfonamides is 1. The molecule has 0 bridgehead atoms. The summed E-state index contributed by atoms with van der Waals surface area (Å²) in [7, 11) is -2.09. The highest BCUT2D eigenvalue weighted by Crippen LogP contribution is 2.20. The quantitative estimate of drug-likeness (QED) is 0.875. The van der Waals surface area contributed by atoms with Crippen molar-refractivity contribution in [3.8, 4) is 0 Å². The second kappa shape index (κ2) is 6.55. The van der Waals surface area contributed by atoms with Gasteiger partial charge in [0.25, 0.3) is 0 Å². The van der Waals surface area contributed by atoms with Gasteiger partial charge in [-0.25, -0.2) is 13.2 Å². The average Bonchev–Trinajstić information content (AvgIpc) is 2.92. The maximum Gasteiger partial charge on any atom is 0.371 e. The number of aromatic carboxylic acids is 1. The molecule has 1 heterocycles. The zero-order valence-electron chi connectivity index (χ0n) is 13.2. The number of nitrogens with zero attached hydrogens (tertiary/aromatic N) is 1. The molecule has 1 aromatic carbocycles. The second-order valence-electron chi connectivity index (χ2n) is 5.45. The molecule has 23 heavy (non-hydrogen) atoms. The second-order valence-corrected chi connectivity index (χ2v) is 7.53. The summed E-state index contributed by atoms with van der Waals surface area (Å²) in [6.45, 7) is 3.74. The Morgan fingerprint density at radius 1 is 1.17 bits per heavy atom. The van der Waals surface area contributed by atoms with Crippen LogP contribution in [0, 0.1) is 13.8 Å². The number of benzene rings is 1. The van der Waals surface area contributed by atoms with Crippen molar-refractivity contribution in [1.29, 1.82) is 0 Å². The van der Waals surface area contributed by atoms with Crippen LogP contribution in [0.4, 0.5) is 0 Å². The monoisotopic (exact) mass is 337 g/mol. The molecular weight excluding hydrogens is 318 g/mol. The normalized spacial score (nSPS) is 11.8. The van der Waals surface area contributed by atoms with E-state index in [4.69, 9.17) is 9.52 Å². The van der Waals surface area contributed by atoms with Crippen molar-refractivity contribution < 1.29 is 22.7 Å². The van der Waals surface area contributed by atoms with Crippen molar-refractivity contribution in [3.05, 3.63) is 58.5 Å². The highest BCUT2D eigenvalue weighted by molar-refractivity contribution is 7.88. The van der Waals surface area contributed by atoms with Crippen molar-refractivity contribution in [3.63, 3.8) is 0 Å². The third-order valence-electron chi connectivity index (χ3n) is 3.70. The molecule has 124 valence electrons. The van der Waals surface area contributed by atoms with E-state index in [9.17, 15) is 13.2 Å². The first-order valence-corrected chi connectivity index (χ1v) is 8.62. The molecule has 0 amide bonds. The first-order valence-electron chi connectivity index (χ1n) is 7.02. The molecule has 0 atom stereocenters. The maximum absolute atomic E-state index is 12.5. The number of carbonyl (C=O) groups is 1. The molecule has 0 fully saturated rings. The Kier molecular flexibility index (Phi) is 4.91. The van der Waals surface area contributed by atoms with Gasteiger partial charge in [-0.15, -0.1) is 0 Å². The summed E-state index contributed by atoms with van der Waals surface area (Å²) in [5.41, 5.74) is 2.63. The van der Waals surface area contributed by atoms with Gasteiger partial charge in [-0.05, 0) is 42.7 Å².